The van der Waals surface area contributed by atoms with Crippen LogP contribution in [-0.2, 0) is 22.2 Å². The van der Waals surface area contributed by atoms with E-state index in [4.69, 9.17) is 4.84 Å². The van der Waals surface area contributed by atoms with Gasteiger partial charge in [-0.1, -0.05) is 30.3 Å². The molecule has 0 aliphatic rings. The molecule has 116 valence electrons. The SMILES string of the molecule is CN(OCc1ccccc1)C(=O)Nc1ccc([S@](C)=O)cc1. The number of hydrogen-bond donors (Lipinski definition) is 1. The molecule has 2 rings (SSSR count). The second kappa shape index (κ2) is 7.72. The quantitative estimate of drug-likeness (QED) is 0.862. The van der Waals surface area contributed by atoms with Crippen LogP contribution in [0.25, 0.3) is 0 Å². The van der Waals surface area contributed by atoms with Crippen LogP contribution in [0.4, 0.5) is 10.5 Å². The summed E-state index contributed by atoms with van der Waals surface area (Å²) in [5.41, 5.74) is 1.60. The molecule has 2 aromatic carbocycles. The lowest BCUT2D eigenvalue weighted by molar-refractivity contribution is -0.105. The van der Waals surface area contributed by atoms with Gasteiger partial charge in [0.1, 0.15) is 6.61 Å². The summed E-state index contributed by atoms with van der Waals surface area (Å²) in [6.07, 6.45) is 1.61. The van der Waals surface area contributed by atoms with Crippen LogP contribution >= 0.6 is 0 Å². The van der Waals surface area contributed by atoms with Crippen molar-refractivity contribution in [1.82, 2.24) is 5.06 Å². The molecule has 2 amide bonds. The van der Waals surface area contributed by atoms with E-state index in [1.54, 1.807) is 37.6 Å². The molecule has 22 heavy (non-hydrogen) atoms. The van der Waals surface area contributed by atoms with Crippen LogP contribution in [-0.4, -0.2) is 28.6 Å². The van der Waals surface area contributed by atoms with E-state index in [9.17, 15) is 9.00 Å². The van der Waals surface area contributed by atoms with Gasteiger partial charge in [-0.05, 0) is 29.8 Å². The standard InChI is InChI=1S/C16H18N2O3S/c1-18(21-12-13-6-4-3-5-7-13)16(19)17-14-8-10-15(11-9-14)22(2)20/h3-11H,12H2,1-2H3,(H,17,19)/t22-/m0/s1. The van der Waals surface area contributed by atoms with E-state index in [0.29, 0.717) is 17.2 Å². The van der Waals surface area contributed by atoms with Crippen molar-refractivity contribution in [3.8, 4) is 0 Å². The lowest BCUT2D eigenvalue weighted by Crippen LogP contribution is -2.31. The first-order chi connectivity index (χ1) is 10.6. The van der Waals surface area contributed by atoms with Gasteiger partial charge in [-0.25, -0.2) is 9.86 Å². The average Bonchev–Trinajstić information content (AvgIpc) is 2.54. The number of nitrogens with zero attached hydrogens (tertiary/aromatic N) is 1. The maximum Gasteiger partial charge on any atom is 0.345 e. The smallest absolute Gasteiger partial charge is 0.306 e. The summed E-state index contributed by atoms with van der Waals surface area (Å²) >= 11 is 0. The van der Waals surface area contributed by atoms with Crippen molar-refractivity contribution in [1.29, 1.82) is 0 Å². The zero-order valence-corrected chi connectivity index (χ0v) is 13.3. The predicted octanol–water partition coefficient (Wildman–Crippen LogP) is 3.02. The fraction of sp³-hybridized carbons (Fsp3) is 0.188. The largest absolute Gasteiger partial charge is 0.345 e. The van der Waals surface area contributed by atoms with Crippen molar-refractivity contribution in [2.45, 2.75) is 11.5 Å². The fourth-order valence-electron chi connectivity index (χ4n) is 1.74. The number of nitrogens with one attached hydrogen (secondary N) is 1. The molecule has 0 aromatic heterocycles. The van der Waals surface area contributed by atoms with Crippen molar-refractivity contribution in [2.24, 2.45) is 0 Å². The summed E-state index contributed by atoms with van der Waals surface area (Å²) in [6.45, 7) is 0.318. The van der Waals surface area contributed by atoms with Crippen molar-refractivity contribution in [2.75, 3.05) is 18.6 Å². The maximum atomic E-state index is 12.0. The highest BCUT2D eigenvalue weighted by Gasteiger charge is 2.10. The maximum absolute atomic E-state index is 12.0. The van der Waals surface area contributed by atoms with Gasteiger partial charge in [0.25, 0.3) is 0 Å². The highest BCUT2D eigenvalue weighted by Crippen LogP contribution is 2.12. The van der Waals surface area contributed by atoms with E-state index in [1.165, 1.54) is 0 Å². The highest BCUT2D eigenvalue weighted by molar-refractivity contribution is 7.84. The number of carbonyl (C=O) groups excluding carboxylic acids is 1. The minimum absolute atomic E-state index is 0.318. The summed E-state index contributed by atoms with van der Waals surface area (Å²) < 4.78 is 11.3. The minimum Gasteiger partial charge on any atom is -0.306 e. The van der Waals surface area contributed by atoms with Gasteiger partial charge < -0.3 is 5.32 Å². The Morgan fingerprint density at radius 2 is 1.77 bits per heavy atom. The van der Waals surface area contributed by atoms with Crippen LogP contribution in [0.5, 0.6) is 0 Å². The lowest BCUT2D eigenvalue weighted by Gasteiger charge is -2.17. The van der Waals surface area contributed by atoms with Crippen molar-refractivity contribution in [3.63, 3.8) is 0 Å². The predicted molar refractivity (Wildman–Crippen MR) is 86.8 cm³/mol. The fourth-order valence-corrected chi connectivity index (χ4v) is 2.26. The van der Waals surface area contributed by atoms with E-state index >= 15 is 0 Å². The number of urea groups is 1. The van der Waals surface area contributed by atoms with Gasteiger partial charge in [-0.2, -0.15) is 0 Å². The summed E-state index contributed by atoms with van der Waals surface area (Å²) in [6, 6.07) is 16.1. The topological polar surface area (TPSA) is 58.6 Å². The molecule has 0 aliphatic carbocycles. The van der Waals surface area contributed by atoms with E-state index in [2.05, 4.69) is 5.32 Å². The van der Waals surface area contributed by atoms with Crippen LogP contribution < -0.4 is 5.32 Å². The third kappa shape index (κ3) is 4.68. The van der Waals surface area contributed by atoms with Crippen LogP contribution in [0.1, 0.15) is 5.56 Å². The first kappa shape index (κ1) is 16.2. The number of carbonyl (C=O) groups is 1. The molecular weight excluding hydrogens is 300 g/mol. The van der Waals surface area contributed by atoms with Crippen LogP contribution in [0.2, 0.25) is 0 Å². The Labute approximate surface area is 132 Å². The summed E-state index contributed by atoms with van der Waals surface area (Å²) in [5.74, 6) is 0. The Balaban J connectivity index is 1.87. The molecule has 2 aromatic rings. The molecular formula is C16H18N2O3S. The molecule has 6 heteroatoms. The van der Waals surface area contributed by atoms with E-state index in [0.717, 1.165) is 10.6 Å². The molecule has 1 atom stereocenters. The minimum atomic E-state index is -1.03. The zero-order chi connectivity index (χ0) is 15.9. The number of amides is 2. The number of rotatable bonds is 5. The van der Waals surface area contributed by atoms with Crippen molar-refractivity contribution in [3.05, 3.63) is 60.2 Å². The highest BCUT2D eigenvalue weighted by atomic mass is 32.2. The first-order valence-electron chi connectivity index (χ1n) is 6.71. The Hall–Kier alpha value is -2.18. The molecule has 0 saturated heterocycles. The van der Waals surface area contributed by atoms with Gasteiger partial charge >= 0.3 is 6.03 Å². The lowest BCUT2D eigenvalue weighted by atomic mass is 10.2. The van der Waals surface area contributed by atoms with Gasteiger partial charge in [-0.3, -0.25) is 9.05 Å². The molecule has 0 spiro atoms. The molecule has 0 radical (unpaired) electrons. The van der Waals surface area contributed by atoms with Crippen LogP contribution in [0.3, 0.4) is 0 Å². The molecule has 5 nitrogen and oxygen atoms in total. The third-order valence-corrected chi connectivity index (χ3v) is 3.93. The van der Waals surface area contributed by atoms with Crippen LogP contribution in [0, 0.1) is 0 Å². The van der Waals surface area contributed by atoms with E-state index in [1.807, 2.05) is 30.3 Å². The van der Waals surface area contributed by atoms with Crippen LogP contribution in [0.15, 0.2) is 59.5 Å². The number of anilines is 1. The molecule has 0 fully saturated rings. The molecule has 0 unspecified atom stereocenters. The number of hydroxylamine groups is 2. The van der Waals surface area contributed by atoms with E-state index < -0.39 is 10.8 Å². The summed E-state index contributed by atoms with van der Waals surface area (Å²) in [5, 5.41) is 3.86. The molecule has 0 heterocycles. The van der Waals surface area contributed by atoms with Gasteiger partial charge in [-0.15, -0.1) is 0 Å². The normalized spacial score (nSPS) is 11.7. The third-order valence-electron chi connectivity index (χ3n) is 2.99. The van der Waals surface area contributed by atoms with Gasteiger partial charge in [0.15, 0.2) is 0 Å². The Morgan fingerprint density at radius 1 is 1.14 bits per heavy atom. The molecule has 0 bridgehead atoms. The van der Waals surface area contributed by atoms with Gasteiger partial charge in [0.05, 0.1) is 0 Å². The zero-order valence-electron chi connectivity index (χ0n) is 12.5. The summed E-state index contributed by atoms with van der Waals surface area (Å²) in [4.78, 5) is 18.1. The molecule has 1 N–H and O–H groups in total. The molecule has 0 saturated carbocycles. The average molecular weight is 318 g/mol. The Morgan fingerprint density at radius 3 is 2.36 bits per heavy atom. The number of benzene rings is 2. The first-order valence-corrected chi connectivity index (χ1v) is 8.27. The second-order valence-corrected chi connectivity index (χ2v) is 6.04. The van der Waals surface area contributed by atoms with E-state index in [-0.39, 0.29) is 6.03 Å². The van der Waals surface area contributed by atoms with Crippen molar-refractivity contribution < 1.29 is 13.8 Å². The van der Waals surface area contributed by atoms with Gasteiger partial charge in [0.2, 0.25) is 0 Å². The Bertz CT molecular complexity index is 644. The summed E-state index contributed by atoms with van der Waals surface area (Å²) in [7, 11) is 0.519. The van der Waals surface area contributed by atoms with Crippen molar-refractivity contribution >= 4 is 22.5 Å². The Kier molecular flexibility index (Phi) is 5.68. The molecule has 0 aliphatic heterocycles. The monoisotopic (exact) mass is 318 g/mol. The number of hydrogen-bond acceptors (Lipinski definition) is 3. The van der Waals surface area contributed by atoms with Gasteiger partial charge in [0, 0.05) is 34.7 Å². The second-order valence-electron chi connectivity index (χ2n) is 4.67.